The van der Waals surface area contributed by atoms with Crippen LogP contribution >= 0.6 is 12.2 Å². The van der Waals surface area contributed by atoms with Gasteiger partial charge >= 0.3 is 11.9 Å². The van der Waals surface area contributed by atoms with Crippen molar-refractivity contribution >= 4 is 39.1 Å². The summed E-state index contributed by atoms with van der Waals surface area (Å²) in [5.74, 6) is -2.51. The molecule has 0 saturated carbocycles. The van der Waals surface area contributed by atoms with Crippen molar-refractivity contribution in [2.45, 2.75) is 36.8 Å². The summed E-state index contributed by atoms with van der Waals surface area (Å²) < 4.78 is 25.7. The summed E-state index contributed by atoms with van der Waals surface area (Å²) in [6.07, 6.45) is 2.65. The molecule has 0 amide bonds. The van der Waals surface area contributed by atoms with Crippen molar-refractivity contribution < 1.29 is 28.2 Å². The molecule has 0 aliphatic carbocycles. The van der Waals surface area contributed by atoms with Crippen LogP contribution in [0.15, 0.2) is 47.4 Å². The molecule has 0 radical (unpaired) electrons. The summed E-state index contributed by atoms with van der Waals surface area (Å²) in [5, 5.41) is 19.2. The van der Waals surface area contributed by atoms with Crippen molar-refractivity contribution in [1.29, 1.82) is 0 Å². The van der Waals surface area contributed by atoms with Crippen LogP contribution in [0.4, 0.5) is 0 Å². The molecule has 1 unspecified atom stereocenters. The SMILES string of the molecule is CCN(CC)CCNC(=S)N1CCCC(S(=O)(=O)c2ccccc2)C1.O=C(O)C=CC(=O)O. The number of nitrogens with zero attached hydrogens (tertiary/aromatic N) is 2. The lowest BCUT2D eigenvalue weighted by Gasteiger charge is -2.34. The van der Waals surface area contributed by atoms with Gasteiger partial charge in [-0.05, 0) is 50.3 Å². The second kappa shape index (κ2) is 14.6. The van der Waals surface area contributed by atoms with Crippen molar-refractivity contribution in [3.8, 4) is 0 Å². The van der Waals surface area contributed by atoms with E-state index >= 15 is 0 Å². The van der Waals surface area contributed by atoms with Crippen molar-refractivity contribution in [1.82, 2.24) is 15.1 Å². The first-order valence-corrected chi connectivity index (χ1v) is 12.7. The van der Waals surface area contributed by atoms with Crippen LogP contribution in [-0.2, 0) is 19.4 Å². The molecule has 9 nitrogen and oxygen atoms in total. The molecule has 0 aromatic heterocycles. The zero-order valence-corrected chi connectivity index (χ0v) is 20.6. The molecule has 2 rings (SSSR count). The number of hydrogen-bond donors (Lipinski definition) is 3. The molecule has 11 heteroatoms. The molecule has 0 bridgehead atoms. The number of carboxylic acids is 2. The number of thiocarbonyl (C=S) groups is 1. The van der Waals surface area contributed by atoms with Gasteiger partial charge in [0.2, 0.25) is 0 Å². The Bertz CT molecular complexity index is 886. The lowest BCUT2D eigenvalue weighted by atomic mass is 10.1. The van der Waals surface area contributed by atoms with E-state index in [9.17, 15) is 18.0 Å². The van der Waals surface area contributed by atoms with E-state index in [4.69, 9.17) is 22.4 Å². The number of sulfone groups is 1. The highest BCUT2D eigenvalue weighted by Crippen LogP contribution is 2.23. The number of nitrogens with one attached hydrogen (secondary N) is 1. The number of hydrogen-bond acceptors (Lipinski definition) is 6. The third kappa shape index (κ3) is 10.3. The minimum atomic E-state index is -3.31. The van der Waals surface area contributed by atoms with Gasteiger partial charge in [-0.2, -0.15) is 0 Å². The van der Waals surface area contributed by atoms with Crippen LogP contribution < -0.4 is 5.32 Å². The first-order chi connectivity index (χ1) is 15.6. The van der Waals surface area contributed by atoms with Gasteiger partial charge in [-0.15, -0.1) is 0 Å². The maximum Gasteiger partial charge on any atom is 0.328 e. The number of carbonyl (C=O) groups is 2. The molecule has 1 saturated heterocycles. The predicted octanol–water partition coefficient (Wildman–Crippen LogP) is 1.85. The maximum absolute atomic E-state index is 12.8. The third-order valence-corrected chi connectivity index (χ3v) is 7.74. The third-order valence-electron chi connectivity index (χ3n) is 5.14. The van der Waals surface area contributed by atoms with Gasteiger partial charge in [-0.3, -0.25) is 0 Å². The largest absolute Gasteiger partial charge is 0.478 e. The number of aliphatic carboxylic acids is 2. The number of rotatable bonds is 9. The lowest BCUT2D eigenvalue weighted by Crippen LogP contribution is -2.50. The number of piperidine rings is 1. The predicted molar refractivity (Wildman–Crippen MR) is 131 cm³/mol. The quantitative estimate of drug-likeness (QED) is 0.342. The van der Waals surface area contributed by atoms with E-state index in [0.717, 1.165) is 39.1 Å². The van der Waals surface area contributed by atoms with Crippen molar-refractivity contribution in [3.05, 3.63) is 42.5 Å². The molecule has 1 aliphatic heterocycles. The first kappa shape index (κ1) is 28.5. The minimum Gasteiger partial charge on any atom is -0.478 e. The topological polar surface area (TPSA) is 127 Å². The second-order valence-corrected chi connectivity index (χ2v) is 9.95. The van der Waals surface area contributed by atoms with Gasteiger partial charge in [0.05, 0.1) is 10.1 Å². The highest BCUT2D eigenvalue weighted by atomic mass is 32.2. The lowest BCUT2D eigenvalue weighted by molar-refractivity contribution is -0.134. The molecule has 3 N–H and O–H groups in total. The molecular weight excluding hydrogens is 466 g/mol. The second-order valence-electron chi connectivity index (χ2n) is 7.34. The van der Waals surface area contributed by atoms with Crippen LogP contribution in [0.25, 0.3) is 0 Å². The van der Waals surface area contributed by atoms with E-state index in [1.54, 1.807) is 24.3 Å². The first-order valence-electron chi connectivity index (χ1n) is 10.8. The summed E-state index contributed by atoms with van der Waals surface area (Å²) >= 11 is 5.49. The summed E-state index contributed by atoms with van der Waals surface area (Å²) in [5.41, 5.74) is 0. The van der Waals surface area contributed by atoms with E-state index in [-0.39, 0.29) is 0 Å². The smallest absolute Gasteiger partial charge is 0.328 e. The summed E-state index contributed by atoms with van der Waals surface area (Å²) in [4.78, 5) is 23.8. The van der Waals surface area contributed by atoms with Crippen LogP contribution in [0, 0.1) is 0 Å². The van der Waals surface area contributed by atoms with E-state index in [1.807, 2.05) is 11.0 Å². The molecule has 1 atom stereocenters. The number of benzene rings is 1. The Balaban J connectivity index is 0.000000582. The molecule has 1 aromatic carbocycles. The standard InChI is InChI=1S/C18H29N3O2S2.C4H4O4/c1-3-20(4-2)14-12-19-18(24)21-13-8-11-17(15-21)25(22,23)16-9-6-5-7-10-16;5-3(6)1-2-4(7)8/h5-7,9-10,17H,3-4,8,11-15H2,1-2H3,(H,19,24);1-2H,(H,5,6)(H,7,8). The maximum atomic E-state index is 12.8. The number of carboxylic acid groups (broad SMARTS) is 2. The average Bonchev–Trinajstić information content (AvgIpc) is 2.81. The Labute approximate surface area is 201 Å². The van der Waals surface area contributed by atoms with Gasteiger partial charge < -0.3 is 25.3 Å². The number of likely N-dealkylation sites (tertiary alicyclic amines) is 1. The molecule has 1 aliphatic rings. The zero-order valence-electron chi connectivity index (χ0n) is 19.0. The molecule has 1 heterocycles. The van der Waals surface area contributed by atoms with E-state index < -0.39 is 27.0 Å². The van der Waals surface area contributed by atoms with Crippen LogP contribution in [0.2, 0.25) is 0 Å². The Kier molecular flexibility index (Phi) is 12.6. The van der Waals surface area contributed by atoms with Gasteiger partial charge in [0.15, 0.2) is 14.9 Å². The highest BCUT2D eigenvalue weighted by Gasteiger charge is 2.32. The van der Waals surface area contributed by atoms with Gasteiger partial charge in [-0.25, -0.2) is 18.0 Å². The molecule has 184 valence electrons. The Morgan fingerprint density at radius 3 is 2.24 bits per heavy atom. The van der Waals surface area contributed by atoms with Gasteiger partial charge in [0.25, 0.3) is 0 Å². The Morgan fingerprint density at radius 2 is 1.73 bits per heavy atom. The zero-order chi connectivity index (χ0) is 24.9. The molecule has 1 aromatic rings. The van der Waals surface area contributed by atoms with E-state index in [2.05, 4.69) is 24.1 Å². The fraction of sp³-hybridized carbons (Fsp3) is 0.500. The monoisotopic (exact) mass is 499 g/mol. The summed E-state index contributed by atoms with van der Waals surface area (Å²) in [7, 11) is -3.31. The molecular formula is C22H33N3O6S2. The Hall–Kier alpha value is -2.50. The van der Waals surface area contributed by atoms with Crippen molar-refractivity contribution in [2.24, 2.45) is 0 Å². The normalized spacial score (nSPS) is 16.2. The van der Waals surface area contributed by atoms with Crippen LogP contribution in [0.1, 0.15) is 26.7 Å². The Morgan fingerprint density at radius 1 is 1.15 bits per heavy atom. The fourth-order valence-corrected chi connectivity index (χ4v) is 5.34. The summed E-state index contributed by atoms with van der Waals surface area (Å²) in [6.45, 7) is 9.33. The average molecular weight is 500 g/mol. The molecule has 0 spiro atoms. The highest BCUT2D eigenvalue weighted by molar-refractivity contribution is 7.92. The van der Waals surface area contributed by atoms with Crippen LogP contribution in [-0.4, -0.2) is 90.0 Å². The summed E-state index contributed by atoms with van der Waals surface area (Å²) in [6, 6.07) is 8.73. The van der Waals surface area contributed by atoms with Crippen LogP contribution in [0.3, 0.4) is 0 Å². The minimum absolute atomic E-state index is 0.397. The van der Waals surface area contributed by atoms with Gasteiger partial charge in [0, 0.05) is 38.3 Å². The van der Waals surface area contributed by atoms with E-state index in [0.29, 0.717) is 35.1 Å². The van der Waals surface area contributed by atoms with Gasteiger partial charge in [0.1, 0.15) is 0 Å². The van der Waals surface area contributed by atoms with E-state index in [1.165, 1.54) is 0 Å². The van der Waals surface area contributed by atoms with Crippen molar-refractivity contribution in [2.75, 3.05) is 39.3 Å². The van der Waals surface area contributed by atoms with Crippen LogP contribution in [0.5, 0.6) is 0 Å². The molecule has 1 fully saturated rings. The van der Waals surface area contributed by atoms with Crippen molar-refractivity contribution in [3.63, 3.8) is 0 Å². The van der Waals surface area contributed by atoms with Gasteiger partial charge in [-0.1, -0.05) is 32.0 Å². The fourth-order valence-electron chi connectivity index (χ4n) is 3.29. The number of likely N-dealkylation sites (N-methyl/N-ethyl adjacent to an activating group) is 1. The molecule has 33 heavy (non-hydrogen) atoms.